The lowest BCUT2D eigenvalue weighted by molar-refractivity contribution is 0.0602. The van der Waals surface area contributed by atoms with Gasteiger partial charge >= 0.3 is 5.97 Å². The van der Waals surface area contributed by atoms with Gasteiger partial charge in [-0.25, -0.2) is 4.79 Å². The van der Waals surface area contributed by atoms with Crippen LogP contribution in [0.5, 0.6) is 0 Å². The van der Waals surface area contributed by atoms with Crippen molar-refractivity contribution in [2.45, 2.75) is 13.8 Å². The van der Waals surface area contributed by atoms with E-state index < -0.39 is 11.9 Å². The van der Waals surface area contributed by atoms with E-state index >= 15 is 0 Å². The molecule has 3 heterocycles. The molecule has 0 aliphatic rings. The summed E-state index contributed by atoms with van der Waals surface area (Å²) in [5.41, 5.74) is 4.50. The summed E-state index contributed by atoms with van der Waals surface area (Å²) in [6.07, 6.45) is 1.51. The number of thiophene rings is 2. The Morgan fingerprint density at radius 1 is 1.06 bits per heavy atom. The average molecular weight is 477 g/mol. The second-order valence-corrected chi connectivity index (χ2v) is 9.18. The monoisotopic (exact) mass is 476 g/mol. The number of esters is 1. The number of hydrogen-bond acceptors (Lipinski definition) is 7. The van der Waals surface area contributed by atoms with E-state index in [0.717, 1.165) is 27.3 Å². The first-order valence-corrected chi connectivity index (χ1v) is 11.8. The Hall–Kier alpha value is -3.62. The summed E-state index contributed by atoms with van der Waals surface area (Å²) in [5.74, 6) is -0.931. The summed E-state index contributed by atoms with van der Waals surface area (Å²) in [5, 5.41) is 6.08. The normalized spacial score (nSPS) is 10.6. The fourth-order valence-electron chi connectivity index (χ4n) is 3.33. The molecule has 1 amide bonds. The van der Waals surface area contributed by atoms with Crippen LogP contribution in [0.1, 0.15) is 42.9 Å². The Labute approximate surface area is 198 Å². The van der Waals surface area contributed by atoms with E-state index in [9.17, 15) is 14.4 Å². The van der Waals surface area contributed by atoms with Gasteiger partial charge in [-0.2, -0.15) is 0 Å². The van der Waals surface area contributed by atoms with Crippen LogP contribution in [0.15, 0.2) is 59.4 Å². The summed E-state index contributed by atoms with van der Waals surface area (Å²) in [6.45, 7) is 3.53. The highest BCUT2D eigenvalue weighted by atomic mass is 32.1. The van der Waals surface area contributed by atoms with Crippen molar-refractivity contribution in [2.75, 3.05) is 12.4 Å². The Balaban J connectivity index is 1.76. The molecule has 3 aromatic heterocycles. The maximum Gasteiger partial charge on any atom is 0.340 e. The van der Waals surface area contributed by atoms with Crippen LogP contribution in [0.25, 0.3) is 21.7 Å². The molecule has 0 saturated carbocycles. The summed E-state index contributed by atoms with van der Waals surface area (Å²) in [4.78, 5) is 42.9. The fourth-order valence-corrected chi connectivity index (χ4v) is 5.00. The van der Waals surface area contributed by atoms with Gasteiger partial charge in [0.25, 0.3) is 5.91 Å². The van der Waals surface area contributed by atoms with Crippen LogP contribution in [-0.4, -0.2) is 29.8 Å². The van der Waals surface area contributed by atoms with Crippen molar-refractivity contribution >= 4 is 46.0 Å². The van der Waals surface area contributed by atoms with Gasteiger partial charge in [-0.1, -0.05) is 23.8 Å². The summed E-state index contributed by atoms with van der Waals surface area (Å²) >= 11 is 2.65. The van der Waals surface area contributed by atoms with Crippen LogP contribution in [0, 0.1) is 6.92 Å². The number of benzene rings is 1. The first kappa shape index (κ1) is 22.6. The molecule has 0 spiro atoms. The van der Waals surface area contributed by atoms with E-state index in [2.05, 4.69) is 10.3 Å². The van der Waals surface area contributed by atoms with Gasteiger partial charge in [-0.15, -0.1) is 22.7 Å². The number of ether oxygens (including phenoxy) is 1. The van der Waals surface area contributed by atoms with Gasteiger partial charge < -0.3 is 10.1 Å². The number of hydrogen-bond donors (Lipinski definition) is 1. The molecule has 0 atom stereocenters. The van der Waals surface area contributed by atoms with Crippen molar-refractivity contribution < 1.29 is 19.1 Å². The number of nitrogens with zero attached hydrogens (tertiary/aromatic N) is 1. The summed E-state index contributed by atoms with van der Waals surface area (Å²) in [6, 6.07) is 13.4. The highest BCUT2D eigenvalue weighted by Crippen LogP contribution is 2.36. The van der Waals surface area contributed by atoms with E-state index in [1.54, 1.807) is 22.9 Å². The molecule has 4 rings (SSSR count). The number of aryl methyl sites for hydroxylation is 1. The molecule has 0 aliphatic heterocycles. The number of carbonyl (C=O) groups is 3. The zero-order valence-electron chi connectivity index (χ0n) is 18.2. The quantitative estimate of drug-likeness (QED) is 0.269. The molecule has 6 nitrogen and oxygen atoms in total. The molecule has 0 radical (unpaired) electrons. The van der Waals surface area contributed by atoms with E-state index in [-0.39, 0.29) is 5.78 Å². The van der Waals surface area contributed by atoms with Gasteiger partial charge in [-0.3, -0.25) is 14.6 Å². The number of anilines is 1. The summed E-state index contributed by atoms with van der Waals surface area (Å²) < 4.78 is 4.77. The van der Waals surface area contributed by atoms with Crippen molar-refractivity contribution in [3.05, 3.63) is 81.0 Å². The molecule has 8 heteroatoms. The van der Waals surface area contributed by atoms with Crippen LogP contribution in [0.3, 0.4) is 0 Å². The lowest BCUT2D eigenvalue weighted by atomic mass is 10.0. The number of pyridine rings is 1. The summed E-state index contributed by atoms with van der Waals surface area (Å²) in [7, 11) is 1.29. The van der Waals surface area contributed by atoms with E-state index in [0.29, 0.717) is 21.7 Å². The van der Waals surface area contributed by atoms with Crippen LogP contribution in [0.2, 0.25) is 0 Å². The number of Topliss-reactive ketones (excluding diaryl/α,β-unsaturated/α-hetero) is 1. The molecule has 4 aromatic rings. The topological polar surface area (TPSA) is 85.4 Å². The number of amides is 1. The third-order valence-electron chi connectivity index (χ3n) is 4.98. The second kappa shape index (κ2) is 9.48. The third kappa shape index (κ3) is 4.76. The van der Waals surface area contributed by atoms with Crippen LogP contribution >= 0.6 is 22.7 Å². The molecular weight excluding hydrogens is 456 g/mol. The predicted octanol–water partition coefficient (Wildman–Crippen LogP) is 6.09. The Morgan fingerprint density at radius 2 is 1.88 bits per heavy atom. The predicted molar refractivity (Wildman–Crippen MR) is 131 cm³/mol. The Morgan fingerprint density at radius 3 is 2.58 bits per heavy atom. The molecule has 0 bridgehead atoms. The minimum atomic E-state index is -0.518. The lowest BCUT2D eigenvalue weighted by Gasteiger charge is -2.11. The van der Waals surface area contributed by atoms with E-state index in [4.69, 9.17) is 4.74 Å². The molecule has 0 aliphatic carbocycles. The zero-order chi connectivity index (χ0) is 23.5. The first-order valence-electron chi connectivity index (χ1n) is 10.0. The van der Waals surface area contributed by atoms with Crippen molar-refractivity contribution in [1.82, 2.24) is 4.98 Å². The fraction of sp³-hybridized carbons (Fsp3) is 0.120. The van der Waals surface area contributed by atoms with Crippen LogP contribution in [0.4, 0.5) is 5.69 Å². The molecular formula is C25H20N2O4S2. The third-order valence-corrected chi connectivity index (χ3v) is 6.94. The Kier molecular flexibility index (Phi) is 6.48. The maximum atomic E-state index is 13.0. The molecule has 33 heavy (non-hydrogen) atoms. The van der Waals surface area contributed by atoms with Gasteiger partial charge in [0.15, 0.2) is 5.78 Å². The smallest absolute Gasteiger partial charge is 0.340 e. The van der Waals surface area contributed by atoms with Gasteiger partial charge in [0.05, 0.1) is 34.5 Å². The highest BCUT2D eigenvalue weighted by molar-refractivity contribution is 7.17. The van der Waals surface area contributed by atoms with Gasteiger partial charge in [-0.05, 0) is 38.1 Å². The number of ketones is 1. The number of carbonyl (C=O) groups excluding carboxylic acids is 3. The minimum absolute atomic E-state index is 0.0157. The zero-order valence-corrected chi connectivity index (χ0v) is 19.8. The van der Waals surface area contributed by atoms with Crippen molar-refractivity contribution in [1.29, 1.82) is 0 Å². The molecule has 0 unspecified atom stereocenters. The SMILES string of the molecule is COC(=O)c1cscc1NC(=O)c1cnc(-c2cccc(C)c2)c(-c2ccc(C(C)=O)s2)c1. The van der Waals surface area contributed by atoms with Gasteiger partial charge in [0, 0.05) is 33.0 Å². The molecule has 1 N–H and O–H groups in total. The highest BCUT2D eigenvalue weighted by Gasteiger charge is 2.19. The standard InChI is InChI=1S/C25H20N2O4S2/c1-14-5-4-6-16(9-14)23-18(22-8-7-21(33-22)15(2)28)10-17(11-26-23)24(29)27-20-13-32-12-19(20)25(30)31-3/h4-13H,1-3H3,(H,27,29). The van der Waals surface area contributed by atoms with Crippen LogP contribution in [-0.2, 0) is 4.74 Å². The van der Waals surface area contributed by atoms with Crippen LogP contribution < -0.4 is 5.32 Å². The second-order valence-electron chi connectivity index (χ2n) is 7.35. The average Bonchev–Trinajstić information content (AvgIpc) is 3.48. The number of rotatable bonds is 6. The number of methoxy groups -OCH3 is 1. The minimum Gasteiger partial charge on any atom is -0.465 e. The van der Waals surface area contributed by atoms with Crippen molar-refractivity contribution in [2.24, 2.45) is 0 Å². The first-order chi connectivity index (χ1) is 15.9. The van der Waals surface area contributed by atoms with Gasteiger partial charge in [0.2, 0.25) is 0 Å². The molecule has 166 valence electrons. The lowest BCUT2D eigenvalue weighted by Crippen LogP contribution is -2.14. The van der Waals surface area contributed by atoms with Gasteiger partial charge in [0.1, 0.15) is 0 Å². The van der Waals surface area contributed by atoms with Crippen molar-refractivity contribution in [3.63, 3.8) is 0 Å². The number of aromatic nitrogens is 1. The number of nitrogens with one attached hydrogen (secondary N) is 1. The molecule has 1 aromatic carbocycles. The van der Waals surface area contributed by atoms with E-state index in [1.807, 2.05) is 37.3 Å². The molecule has 0 saturated heterocycles. The van der Waals surface area contributed by atoms with Crippen molar-refractivity contribution in [3.8, 4) is 21.7 Å². The van der Waals surface area contributed by atoms with E-state index in [1.165, 1.54) is 42.9 Å². The largest absolute Gasteiger partial charge is 0.465 e. The molecule has 0 fully saturated rings. The Bertz CT molecular complexity index is 1370. The maximum absolute atomic E-state index is 13.0.